The molecule has 0 bridgehead atoms. The van der Waals surface area contributed by atoms with Crippen molar-refractivity contribution in [2.24, 2.45) is 10.2 Å². The number of nitrogens with one attached hydrogen (secondary N) is 2. The van der Waals surface area contributed by atoms with Crippen molar-refractivity contribution in [3.05, 3.63) is 64.7 Å². The number of hydrogen-bond donors (Lipinski definition) is 2. The number of aromatic nitrogens is 2. The summed E-state index contributed by atoms with van der Waals surface area (Å²) in [4.78, 5) is 4.65. The summed E-state index contributed by atoms with van der Waals surface area (Å²) in [6.07, 6.45) is 2.58. The predicted octanol–water partition coefficient (Wildman–Crippen LogP) is 7.75. The van der Waals surface area contributed by atoms with Crippen LogP contribution in [0.1, 0.15) is 29.0 Å². The average molecular weight is 519 g/mol. The molecular formula is C26H30N8S2. The molecule has 2 aromatic heterocycles. The monoisotopic (exact) mass is 518 g/mol. The largest absolute Gasteiger partial charge is 0.363 e. The van der Waals surface area contributed by atoms with E-state index in [4.69, 9.17) is 0 Å². The van der Waals surface area contributed by atoms with Crippen LogP contribution in [0.5, 0.6) is 0 Å². The first-order valence-corrected chi connectivity index (χ1v) is 13.6. The van der Waals surface area contributed by atoms with Crippen molar-refractivity contribution in [3.8, 4) is 0 Å². The number of nitrogens with zero attached hydrogens (tertiary/aromatic N) is 6. The van der Waals surface area contributed by atoms with Crippen LogP contribution >= 0.6 is 22.7 Å². The lowest BCUT2D eigenvalue weighted by molar-refractivity contribution is 0.949. The Hall–Kier alpha value is -3.50. The molecule has 2 N–H and O–H groups in total. The molecule has 8 nitrogen and oxygen atoms in total. The van der Waals surface area contributed by atoms with E-state index in [1.165, 1.54) is 34.7 Å². The summed E-state index contributed by atoms with van der Waals surface area (Å²) in [5.74, 6) is 0. The lowest BCUT2D eigenvalue weighted by atomic mass is 10.1. The highest BCUT2D eigenvalue weighted by atomic mass is 32.1. The Morgan fingerprint density at radius 3 is 2.42 bits per heavy atom. The fourth-order valence-electron chi connectivity index (χ4n) is 4.27. The van der Waals surface area contributed by atoms with Crippen LogP contribution in [0.25, 0.3) is 0 Å². The molecule has 1 aliphatic heterocycles. The summed E-state index contributed by atoms with van der Waals surface area (Å²) < 4.78 is 0. The Morgan fingerprint density at radius 2 is 1.69 bits per heavy atom. The van der Waals surface area contributed by atoms with Crippen molar-refractivity contribution in [1.82, 2.24) is 10.2 Å². The highest BCUT2D eigenvalue weighted by Crippen LogP contribution is 2.34. The van der Waals surface area contributed by atoms with E-state index >= 15 is 0 Å². The summed E-state index contributed by atoms with van der Waals surface area (Å²) in [7, 11) is 2.08. The van der Waals surface area contributed by atoms with Gasteiger partial charge in [0.2, 0.25) is 0 Å². The molecule has 1 fully saturated rings. The maximum Gasteiger partial charge on any atom is 0.251 e. The Bertz CT molecular complexity index is 1370. The van der Waals surface area contributed by atoms with E-state index in [1.54, 1.807) is 11.3 Å². The minimum absolute atomic E-state index is 0.568. The van der Waals surface area contributed by atoms with Crippen LogP contribution in [0.2, 0.25) is 0 Å². The van der Waals surface area contributed by atoms with Gasteiger partial charge in [0.15, 0.2) is 0 Å². The van der Waals surface area contributed by atoms with Gasteiger partial charge in [0, 0.05) is 31.5 Å². The molecule has 36 heavy (non-hydrogen) atoms. The second kappa shape index (κ2) is 10.6. The third-order valence-corrected chi connectivity index (χ3v) is 8.01. The number of rotatable bonds is 8. The van der Waals surface area contributed by atoms with Crippen molar-refractivity contribution < 1.29 is 0 Å². The number of azo groups is 1. The van der Waals surface area contributed by atoms with Gasteiger partial charge in [0.05, 0.1) is 16.4 Å². The molecule has 1 saturated heterocycles. The minimum Gasteiger partial charge on any atom is -0.363 e. The van der Waals surface area contributed by atoms with Crippen molar-refractivity contribution in [2.75, 3.05) is 40.8 Å². The first-order chi connectivity index (χ1) is 17.5. The van der Waals surface area contributed by atoms with Gasteiger partial charge in [-0.1, -0.05) is 22.7 Å². The maximum absolute atomic E-state index is 4.36. The number of hydrazine groups is 1. The maximum atomic E-state index is 4.36. The molecule has 186 valence electrons. The first-order valence-electron chi connectivity index (χ1n) is 12.0. The fourth-order valence-corrected chi connectivity index (χ4v) is 5.69. The van der Waals surface area contributed by atoms with Gasteiger partial charge < -0.3 is 15.2 Å². The van der Waals surface area contributed by atoms with Gasteiger partial charge in [0.1, 0.15) is 10.0 Å². The second-order valence-electron chi connectivity index (χ2n) is 8.92. The van der Waals surface area contributed by atoms with Gasteiger partial charge in [-0.3, -0.25) is 5.43 Å². The molecule has 0 unspecified atom stereocenters. The van der Waals surface area contributed by atoms with Crippen LogP contribution in [-0.2, 0) is 0 Å². The smallest absolute Gasteiger partial charge is 0.251 e. The standard InChI is InChI=1S/C26H30N8S2/c1-17-16-21(8-9-22(17)29-32-26-31-27-19(3)35-26)33(4)23-10-7-20(15-18(23)2)28-30-24-11-12-25(36-24)34-13-5-6-14-34/h7-12,15-16,28,30H,5-6,13-14H2,1-4H3. The van der Waals surface area contributed by atoms with Crippen LogP contribution < -0.4 is 20.7 Å². The van der Waals surface area contributed by atoms with Crippen molar-refractivity contribution >= 4 is 60.6 Å². The lowest BCUT2D eigenvalue weighted by Gasteiger charge is -2.23. The zero-order valence-electron chi connectivity index (χ0n) is 20.9. The number of thiophene rings is 1. The van der Waals surface area contributed by atoms with Gasteiger partial charge in [-0.15, -0.1) is 20.4 Å². The fraction of sp³-hybridized carbons (Fsp3) is 0.308. The van der Waals surface area contributed by atoms with Gasteiger partial charge in [-0.05, 0) is 93.3 Å². The first kappa shape index (κ1) is 24.2. The van der Waals surface area contributed by atoms with E-state index in [0.29, 0.717) is 5.13 Å². The summed E-state index contributed by atoms with van der Waals surface area (Å²) in [6, 6.07) is 16.9. The number of aryl methyl sites for hydroxylation is 3. The van der Waals surface area contributed by atoms with Crippen LogP contribution in [-0.4, -0.2) is 30.3 Å². The Labute approximate surface area is 219 Å². The molecule has 0 atom stereocenters. The Morgan fingerprint density at radius 1 is 0.861 bits per heavy atom. The third-order valence-electron chi connectivity index (χ3n) is 6.22. The topological polar surface area (TPSA) is 81.0 Å². The Balaban J connectivity index is 1.23. The molecule has 0 amide bonds. The van der Waals surface area contributed by atoms with E-state index < -0.39 is 0 Å². The molecule has 3 heterocycles. The summed E-state index contributed by atoms with van der Waals surface area (Å²) in [6.45, 7) is 8.41. The molecule has 0 spiro atoms. The van der Waals surface area contributed by atoms with Gasteiger partial charge in [-0.25, -0.2) is 0 Å². The lowest BCUT2D eigenvalue weighted by Crippen LogP contribution is -2.15. The summed E-state index contributed by atoms with van der Waals surface area (Å²) in [5, 5.41) is 20.4. The van der Waals surface area contributed by atoms with E-state index in [-0.39, 0.29) is 0 Å². The van der Waals surface area contributed by atoms with Gasteiger partial charge in [0.25, 0.3) is 5.13 Å². The molecule has 0 saturated carbocycles. The third kappa shape index (κ3) is 5.50. The van der Waals surface area contributed by atoms with E-state index in [1.807, 2.05) is 19.9 Å². The highest BCUT2D eigenvalue weighted by molar-refractivity contribution is 7.20. The molecule has 2 aromatic carbocycles. The van der Waals surface area contributed by atoms with Crippen LogP contribution in [0, 0.1) is 20.8 Å². The predicted molar refractivity (Wildman–Crippen MR) is 152 cm³/mol. The molecule has 4 aromatic rings. The van der Waals surface area contributed by atoms with Crippen LogP contribution in [0.15, 0.2) is 58.8 Å². The van der Waals surface area contributed by atoms with Crippen LogP contribution in [0.3, 0.4) is 0 Å². The van der Waals surface area contributed by atoms with Crippen molar-refractivity contribution in [2.45, 2.75) is 33.6 Å². The molecular weight excluding hydrogens is 488 g/mol. The number of anilines is 5. The molecule has 1 aliphatic rings. The minimum atomic E-state index is 0.568. The zero-order chi connectivity index (χ0) is 25.1. The van der Waals surface area contributed by atoms with Crippen molar-refractivity contribution in [1.29, 1.82) is 0 Å². The van der Waals surface area contributed by atoms with Crippen LogP contribution in [0.4, 0.5) is 37.9 Å². The number of hydrogen-bond acceptors (Lipinski definition) is 10. The van der Waals surface area contributed by atoms with E-state index in [0.717, 1.165) is 51.4 Å². The van der Waals surface area contributed by atoms with E-state index in [2.05, 4.69) is 97.5 Å². The summed E-state index contributed by atoms with van der Waals surface area (Å²) in [5.41, 5.74) is 13.0. The molecule has 0 aliphatic carbocycles. The van der Waals surface area contributed by atoms with E-state index in [9.17, 15) is 0 Å². The highest BCUT2D eigenvalue weighted by Gasteiger charge is 2.14. The zero-order valence-corrected chi connectivity index (χ0v) is 22.6. The van der Waals surface area contributed by atoms with Gasteiger partial charge >= 0.3 is 0 Å². The molecule has 10 heteroatoms. The average Bonchev–Trinajstić information content (AvgIpc) is 3.64. The quantitative estimate of drug-likeness (QED) is 0.183. The SMILES string of the molecule is Cc1nnc(N=Nc2ccc(N(C)c3ccc(NNc4ccc(N5CCCC5)s4)cc3C)cc2C)s1. The van der Waals surface area contributed by atoms with Crippen molar-refractivity contribution in [3.63, 3.8) is 0 Å². The molecule has 5 rings (SSSR count). The normalized spacial score (nSPS) is 13.5. The molecule has 0 radical (unpaired) electrons. The second-order valence-corrected chi connectivity index (χ2v) is 11.1. The van der Waals surface area contributed by atoms with Gasteiger partial charge in [-0.2, -0.15) is 0 Å². The summed E-state index contributed by atoms with van der Waals surface area (Å²) >= 11 is 3.22. The number of benzene rings is 2. The Kier molecular flexibility index (Phi) is 7.15.